The number of rotatable bonds is 3. The lowest BCUT2D eigenvalue weighted by Crippen LogP contribution is -2.19. The first-order valence-electron chi connectivity index (χ1n) is 5.75. The van der Waals surface area contributed by atoms with Gasteiger partial charge in [0.2, 0.25) is 0 Å². The van der Waals surface area contributed by atoms with Gasteiger partial charge in [-0.25, -0.2) is 4.98 Å². The highest BCUT2D eigenvalue weighted by molar-refractivity contribution is 5.72. The lowest BCUT2D eigenvalue weighted by Gasteiger charge is -2.13. The first kappa shape index (κ1) is 11.7. The molecule has 0 bridgehead atoms. The minimum atomic E-state index is -0.112. The second-order valence-corrected chi connectivity index (χ2v) is 4.35. The molecule has 92 valence electrons. The van der Waals surface area contributed by atoms with E-state index in [9.17, 15) is 4.79 Å². The molecule has 0 radical (unpaired) electrons. The van der Waals surface area contributed by atoms with Crippen molar-refractivity contribution in [3.63, 3.8) is 0 Å². The van der Waals surface area contributed by atoms with Crippen molar-refractivity contribution in [3.05, 3.63) is 18.3 Å². The molecule has 3 N–H and O–H groups in total. The molecule has 2 rings (SSSR count). The zero-order valence-corrected chi connectivity index (χ0v) is 9.85. The summed E-state index contributed by atoms with van der Waals surface area (Å²) in [6.45, 7) is 0. The van der Waals surface area contributed by atoms with Crippen molar-refractivity contribution in [2.45, 2.75) is 25.3 Å². The second kappa shape index (κ2) is 5.03. The van der Waals surface area contributed by atoms with Crippen LogP contribution >= 0.6 is 0 Å². The van der Waals surface area contributed by atoms with Crippen LogP contribution in [0.25, 0.3) is 0 Å². The molecule has 1 saturated carbocycles. The molecule has 0 spiro atoms. The highest BCUT2D eigenvalue weighted by Crippen LogP contribution is 2.28. The fraction of sp³-hybridized carbons (Fsp3) is 0.500. The van der Waals surface area contributed by atoms with Gasteiger partial charge in [0.1, 0.15) is 5.82 Å². The van der Waals surface area contributed by atoms with Crippen molar-refractivity contribution in [1.82, 2.24) is 4.98 Å². The Bertz CT molecular complexity index is 391. The number of pyridine rings is 1. The number of anilines is 2. The lowest BCUT2D eigenvalue weighted by atomic mass is 10.1. The molecule has 17 heavy (non-hydrogen) atoms. The summed E-state index contributed by atoms with van der Waals surface area (Å²) in [5, 5.41) is 3.30. The van der Waals surface area contributed by atoms with Gasteiger partial charge in [0, 0.05) is 6.04 Å². The fourth-order valence-corrected chi connectivity index (χ4v) is 2.19. The molecule has 0 aliphatic heterocycles. The molecule has 2 atom stereocenters. The Morgan fingerprint density at radius 2 is 2.35 bits per heavy atom. The fourth-order valence-electron chi connectivity index (χ4n) is 2.19. The van der Waals surface area contributed by atoms with E-state index in [1.807, 2.05) is 12.1 Å². The zero-order chi connectivity index (χ0) is 12.3. The molecule has 0 aromatic carbocycles. The van der Waals surface area contributed by atoms with E-state index in [1.54, 1.807) is 6.20 Å². The van der Waals surface area contributed by atoms with E-state index in [4.69, 9.17) is 10.5 Å². The van der Waals surface area contributed by atoms with Crippen molar-refractivity contribution in [2.75, 3.05) is 18.2 Å². The summed E-state index contributed by atoms with van der Waals surface area (Å²) >= 11 is 0. The van der Waals surface area contributed by atoms with Crippen LogP contribution in [0, 0.1) is 5.92 Å². The Hall–Kier alpha value is -1.78. The highest BCUT2D eigenvalue weighted by atomic mass is 16.5. The van der Waals surface area contributed by atoms with E-state index >= 15 is 0 Å². The van der Waals surface area contributed by atoms with Gasteiger partial charge in [-0.05, 0) is 31.4 Å². The van der Waals surface area contributed by atoms with Crippen molar-refractivity contribution in [3.8, 4) is 0 Å². The maximum absolute atomic E-state index is 11.4. The largest absolute Gasteiger partial charge is 0.469 e. The summed E-state index contributed by atoms with van der Waals surface area (Å²) in [6.07, 6.45) is 4.26. The third-order valence-corrected chi connectivity index (χ3v) is 3.11. The zero-order valence-electron chi connectivity index (χ0n) is 9.85. The molecule has 0 saturated heterocycles. The maximum Gasteiger partial charge on any atom is 0.308 e. The number of ether oxygens (including phenoxy) is 1. The third kappa shape index (κ3) is 2.87. The van der Waals surface area contributed by atoms with Crippen LogP contribution in [0.3, 0.4) is 0 Å². The molecule has 1 aliphatic rings. The number of nitrogens with zero attached hydrogens (tertiary/aromatic N) is 1. The Balaban J connectivity index is 1.89. The lowest BCUT2D eigenvalue weighted by molar-refractivity contribution is -0.145. The standard InChI is InChI=1S/C12H17N3O2/c1-17-12(16)8-2-4-10(6-8)15-11-5-3-9(13)7-14-11/h3,5,7-8,10H,2,4,6,13H2,1H3,(H,14,15)/t8-,10+/m1/s1. The summed E-state index contributed by atoms with van der Waals surface area (Å²) in [7, 11) is 1.44. The smallest absolute Gasteiger partial charge is 0.308 e. The van der Waals surface area contributed by atoms with Gasteiger partial charge in [-0.15, -0.1) is 0 Å². The van der Waals surface area contributed by atoms with Crippen LogP contribution < -0.4 is 11.1 Å². The number of carbonyl (C=O) groups excluding carboxylic acids is 1. The third-order valence-electron chi connectivity index (χ3n) is 3.11. The van der Waals surface area contributed by atoms with Crippen LogP contribution in [-0.4, -0.2) is 24.1 Å². The van der Waals surface area contributed by atoms with Crippen LogP contribution in [0.4, 0.5) is 11.5 Å². The average Bonchev–Trinajstić information content (AvgIpc) is 2.80. The molecule has 0 amide bonds. The van der Waals surface area contributed by atoms with E-state index in [2.05, 4.69) is 10.3 Å². The van der Waals surface area contributed by atoms with E-state index in [-0.39, 0.29) is 17.9 Å². The van der Waals surface area contributed by atoms with Gasteiger partial charge in [0.05, 0.1) is 24.9 Å². The van der Waals surface area contributed by atoms with Gasteiger partial charge >= 0.3 is 5.97 Å². The van der Waals surface area contributed by atoms with Gasteiger partial charge in [-0.3, -0.25) is 4.79 Å². The summed E-state index contributed by atoms with van der Waals surface area (Å²) in [6, 6.07) is 3.94. The topological polar surface area (TPSA) is 77.2 Å². The van der Waals surface area contributed by atoms with Crippen LogP contribution in [0.5, 0.6) is 0 Å². The first-order chi connectivity index (χ1) is 8.19. The predicted molar refractivity (Wildman–Crippen MR) is 65.4 cm³/mol. The Morgan fingerprint density at radius 1 is 1.53 bits per heavy atom. The van der Waals surface area contributed by atoms with Crippen molar-refractivity contribution in [1.29, 1.82) is 0 Å². The molecule has 1 aromatic rings. The second-order valence-electron chi connectivity index (χ2n) is 4.35. The van der Waals surface area contributed by atoms with Crippen LogP contribution in [0.1, 0.15) is 19.3 Å². The average molecular weight is 235 g/mol. The Morgan fingerprint density at radius 3 is 3.00 bits per heavy atom. The van der Waals surface area contributed by atoms with E-state index in [0.717, 1.165) is 25.1 Å². The number of nitrogen functional groups attached to an aromatic ring is 1. The van der Waals surface area contributed by atoms with Crippen molar-refractivity contribution >= 4 is 17.5 Å². The molecule has 1 aliphatic carbocycles. The predicted octanol–water partition coefficient (Wildman–Crippen LogP) is 1.42. The van der Waals surface area contributed by atoms with Crippen LogP contribution in [0.2, 0.25) is 0 Å². The summed E-state index contributed by atoms with van der Waals surface area (Å²) in [5.41, 5.74) is 6.21. The van der Waals surface area contributed by atoms with E-state index < -0.39 is 0 Å². The van der Waals surface area contributed by atoms with Crippen molar-refractivity contribution in [2.24, 2.45) is 5.92 Å². The summed E-state index contributed by atoms with van der Waals surface area (Å²) in [5.74, 6) is 0.709. The van der Waals surface area contributed by atoms with E-state index in [0.29, 0.717) is 5.69 Å². The van der Waals surface area contributed by atoms with Gasteiger partial charge in [0.15, 0.2) is 0 Å². The number of nitrogens with two attached hydrogens (primary N) is 1. The highest BCUT2D eigenvalue weighted by Gasteiger charge is 2.30. The van der Waals surface area contributed by atoms with Crippen molar-refractivity contribution < 1.29 is 9.53 Å². The molecule has 1 fully saturated rings. The SMILES string of the molecule is COC(=O)[C@@H]1CC[C@H](Nc2ccc(N)cn2)C1. The monoisotopic (exact) mass is 235 g/mol. The van der Waals surface area contributed by atoms with Crippen LogP contribution in [-0.2, 0) is 9.53 Å². The Kier molecular flexibility index (Phi) is 3.46. The number of nitrogens with one attached hydrogen (secondary N) is 1. The molecule has 1 heterocycles. The molecular formula is C12H17N3O2. The van der Waals surface area contributed by atoms with Gasteiger partial charge < -0.3 is 15.8 Å². The molecule has 5 nitrogen and oxygen atoms in total. The van der Waals surface area contributed by atoms with Gasteiger partial charge in [0.25, 0.3) is 0 Å². The number of hydrogen-bond acceptors (Lipinski definition) is 5. The number of esters is 1. The van der Waals surface area contributed by atoms with Gasteiger partial charge in [-0.1, -0.05) is 0 Å². The normalized spacial score (nSPS) is 23.4. The number of carbonyl (C=O) groups is 1. The minimum absolute atomic E-state index is 0.0197. The van der Waals surface area contributed by atoms with E-state index in [1.165, 1.54) is 7.11 Å². The Labute approximate surface area is 100 Å². The minimum Gasteiger partial charge on any atom is -0.469 e. The maximum atomic E-state index is 11.4. The number of aromatic nitrogens is 1. The quantitative estimate of drug-likeness (QED) is 0.775. The summed E-state index contributed by atoms with van der Waals surface area (Å²) in [4.78, 5) is 15.6. The molecule has 0 unspecified atom stereocenters. The van der Waals surface area contributed by atoms with Gasteiger partial charge in [-0.2, -0.15) is 0 Å². The van der Waals surface area contributed by atoms with Crippen LogP contribution in [0.15, 0.2) is 18.3 Å². The number of methoxy groups -OCH3 is 1. The number of hydrogen-bond donors (Lipinski definition) is 2. The summed E-state index contributed by atoms with van der Waals surface area (Å²) < 4.78 is 4.75. The molecule has 5 heteroatoms. The molecular weight excluding hydrogens is 218 g/mol. The molecule has 1 aromatic heterocycles. The first-order valence-corrected chi connectivity index (χ1v) is 5.75.